The SMILES string of the molecule is CC(C)(C)OC(=O)N1CCN(c2cncc(-c3ccc(F)cc3F)n2)CC1. The Hall–Kier alpha value is -2.77. The van der Waals surface area contributed by atoms with Gasteiger partial charge in [-0.15, -0.1) is 0 Å². The van der Waals surface area contributed by atoms with Crippen molar-refractivity contribution in [3.05, 3.63) is 42.2 Å². The minimum absolute atomic E-state index is 0.193. The zero-order chi connectivity index (χ0) is 19.6. The van der Waals surface area contributed by atoms with Crippen LogP contribution in [0.25, 0.3) is 11.3 Å². The Kier molecular flexibility index (Phi) is 5.25. The molecule has 1 amide bonds. The average Bonchev–Trinajstić information content (AvgIpc) is 2.60. The van der Waals surface area contributed by atoms with Crippen molar-refractivity contribution >= 4 is 11.9 Å². The number of ether oxygens (including phenoxy) is 1. The topological polar surface area (TPSA) is 58.6 Å². The van der Waals surface area contributed by atoms with Gasteiger partial charge < -0.3 is 14.5 Å². The molecule has 0 N–H and O–H groups in total. The second-order valence-electron chi connectivity index (χ2n) is 7.34. The number of aromatic nitrogens is 2. The molecule has 2 heterocycles. The van der Waals surface area contributed by atoms with Crippen LogP contribution in [0.2, 0.25) is 0 Å². The third-order valence-corrected chi connectivity index (χ3v) is 4.08. The molecule has 0 bridgehead atoms. The van der Waals surface area contributed by atoms with Gasteiger partial charge in [-0.05, 0) is 32.9 Å². The highest BCUT2D eigenvalue weighted by molar-refractivity contribution is 5.68. The van der Waals surface area contributed by atoms with E-state index in [0.29, 0.717) is 37.7 Å². The van der Waals surface area contributed by atoms with E-state index in [1.165, 1.54) is 18.3 Å². The smallest absolute Gasteiger partial charge is 0.410 e. The van der Waals surface area contributed by atoms with Crippen molar-refractivity contribution in [2.24, 2.45) is 0 Å². The predicted molar refractivity (Wildman–Crippen MR) is 97.4 cm³/mol. The zero-order valence-electron chi connectivity index (χ0n) is 15.6. The first-order chi connectivity index (χ1) is 12.7. The molecule has 0 saturated carbocycles. The van der Waals surface area contributed by atoms with E-state index < -0.39 is 17.2 Å². The predicted octanol–water partition coefficient (Wildman–Crippen LogP) is 3.48. The second-order valence-corrected chi connectivity index (χ2v) is 7.34. The van der Waals surface area contributed by atoms with Crippen molar-refractivity contribution in [3.8, 4) is 11.3 Å². The molecule has 0 radical (unpaired) electrons. The molecule has 3 rings (SSSR count). The first-order valence-electron chi connectivity index (χ1n) is 8.73. The Morgan fingerprint density at radius 3 is 2.44 bits per heavy atom. The molecular formula is C19H22F2N4O2. The Labute approximate surface area is 156 Å². The Morgan fingerprint density at radius 2 is 1.81 bits per heavy atom. The molecule has 0 aliphatic carbocycles. The van der Waals surface area contributed by atoms with Gasteiger partial charge in [-0.1, -0.05) is 0 Å². The summed E-state index contributed by atoms with van der Waals surface area (Å²) in [6.45, 7) is 7.59. The monoisotopic (exact) mass is 376 g/mol. The highest BCUT2D eigenvalue weighted by Crippen LogP contribution is 2.24. The molecular weight excluding hydrogens is 354 g/mol. The molecule has 2 aromatic rings. The molecule has 144 valence electrons. The summed E-state index contributed by atoms with van der Waals surface area (Å²) >= 11 is 0. The minimum atomic E-state index is -0.684. The molecule has 0 spiro atoms. The van der Waals surface area contributed by atoms with Gasteiger partial charge in [-0.25, -0.2) is 18.6 Å². The van der Waals surface area contributed by atoms with Crippen molar-refractivity contribution in [2.75, 3.05) is 31.1 Å². The summed E-state index contributed by atoms with van der Waals surface area (Å²) in [6.07, 6.45) is 2.69. The molecule has 27 heavy (non-hydrogen) atoms. The van der Waals surface area contributed by atoms with Gasteiger partial charge in [0.25, 0.3) is 0 Å². The lowest BCUT2D eigenvalue weighted by Gasteiger charge is -2.36. The van der Waals surface area contributed by atoms with Crippen LogP contribution in [-0.2, 0) is 4.74 Å². The molecule has 1 aliphatic heterocycles. The normalized spacial score (nSPS) is 15.0. The van der Waals surface area contributed by atoms with E-state index in [0.717, 1.165) is 6.07 Å². The lowest BCUT2D eigenvalue weighted by atomic mass is 10.1. The lowest BCUT2D eigenvalue weighted by Crippen LogP contribution is -2.50. The summed E-state index contributed by atoms with van der Waals surface area (Å²) in [7, 11) is 0. The maximum absolute atomic E-state index is 14.0. The molecule has 1 saturated heterocycles. The molecule has 1 aliphatic rings. The number of anilines is 1. The fourth-order valence-electron chi connectivity index (χ4n) is 2.78. The van der Waals surface area contributed by atoms with E-state index >= 15 is 0 Å². The number of hydrogen-bond acceptors (Lipinski definition) is 5. The van der Waals surface area contributed by atoms with Crippen LogP contribution in [0.15, 0.2) is 30.6 Å². The van der Waals surface area contributed by atoms with Crippen LogP contribution in [-0.4, -0.2) is 52.7 Å². The third kappa shape index (κ3) is 4.69. The minimum Gasteiger partial charge on any atom is -0.444 e. The van der Waals surface area contributed by atoms with Crippen LogP contribution in [0.5, 0.6) is 0 Å². The van der Waals surface area contributed by atoms with E-state index in [1.54, 1.807) is 11.1 Å². The number of carbonyl (C=O) groups excluding carboxylic acids is 1. The first-order valence-corrected chi connectivity index (χ1v) is 8.73. The summed E-state index contributed by atoms with van der Waals surface area (Å²) in [5.74, 6) is -0.741. The second kappa shape index (κ2) is 7.46. The van der Waals surface area contributed by atoms with Crippen LogP contribution in [0, 0.1) is 11.6 Å². The van der Waals surface area contributed by atoms with Crippen molar-refractivity contribution < 1.29 is 18.3 Å². The van der Waals surface area contributed by atoms with Gasteiger partial charge in [0, 0.05) is 37.8 Å². The van der Waals surface area contributed by atoms with E-state index in [9.17, 15) is 13.6 Å². The fraction of sp³-hybridized carbons (Fsp3) is 0.421. The molecule has 0 unspecified atom stereocenters. The van der Waals surface area contributed by atoms with E-state index in [4.69, 9.17) is 4.74 Å². The summed E-state index contributed by atoms with van der Waals surface area (Å²) in [6, 6.07) is 3.36. The summed E-state index contributed by atoms with van der Waals surface area (Å²) < 4.78 is 32.5. The number of nitrogens with zero attached hydrogens (tertiary/aromatic N) is 4. The fourth-order valence-corrected chi connectivity index (χ4v) is 2.78. The number of halogens is 2. The standard InChI is InChI=1S/C19H22F2N4O2/c1-19(2,3)27-18(26)25-8-6-24(7-9-25)17-12-22-11-16(23-17)14-5-4-13(20)10-15(14)21/h4-5,10-12H,6-9H2,1-3H3. The largest absolute Gasteiger partial charge is 0.444 e. The number of rotatable bonds is 2. The molecule has 1 aromatic heterocycles. The van der Waals surface area contributed by atoms with Gasteiger partial charge >= 0.3 is 6.09 Å². The number of carbonyl (C=O) groups is 1. The van der Waals surface area contributed by atoms with E-state index in [-0.39, 0.29) is 11.7 Å². The number of benzene rings is 1. The summed E-state index contributed by atoms with van der Waals surface area (Å²) in [5, 5.41) is 0. The average molecular weight is 376 g/mol. The van der Waals surface area contributed by atoms with Gasteiger partial charge in [0.05, 0.1) is 18.1 Å². The lowest BCUT2D eigenvalue weighted by molar-refractivity contribution is 0.0240. The van der Waals surface area contributed by atoms with Gasteiger partial charge in [0.2, 0.25) is 0 Å². The molecule has 0 atom stereocenters. The molecule has 8 heteroatoms. The molecule has 1 aromatic carbocycles. The van der Waals surface area contributed by atoms with Crippen LogP contribution >= 0.6 is 0 Å². The van der Waals surface area contributed by atoms with Gasteiger partial charge in [-0.3, -0.25) is 4.98 Å². The quantitative estimate of drug-likeness (QED) is 0.803. The maximum Gasteiger partial charge on any atom is 0.410 e. The van der Waals surface area contributed by atoms with Gasteiger partial charge in [-0.2, -0.15) is 0 Å². The zero-order valence-corrected chi connectivity index (χ0v) is 15.6. The summed E-state index contributed by atoms with van der Waals surface area (Å²) in [5.41, 5.74) is -0.00881. The van der Waals surface area contributed by atoms with Crippen molar-refractivity contribution in [3.63, 3.8) is 0 Å². The Morgan fingerprint density at radius 1 is 1.11 bits per heavy atom. The summed E-state index contributed by atoms with van der Waals surface area (Å²) in [4.78, 5) is 24.4. The van der Waals surface area contributed by atoms with Crippen LogP contribution in [0.1, 0.15) is 20.8 Å². The Balaban J connectivity index is 1.69. The molecule has 1 fully saturated rings. The number of piperazine rings is 1. The first kappa shape index (κ1) is 19.0. The van der Waals surface area contributed by atoms with Gasteiger partial charge in [0.15, 0.2) is 0 Å². The highest BCUT2D eigenvalue weighted by Gasteiger charge is 2.26. The van der Waals surface area contributed by atoms with E-state index in [1.807, 2.05) is 25.7 Å². The van der Waals surface area contributed by atoms with Crippen LogP contribution in [0.3, 0.4) is 0 Å². The number of hydrogen-bond donors (Lipinski definition) is 0. The van der Waals surface area contributed by atoms with Crippen molar-refractivity contribution in [1.29, 1.82) is 0 Å². The van der Waals surface area contributed by atoms with Crippen LogP contribution in [0.4, 0.5) is 19.4 Å². The maximum atomic E-state index is 14.0. The van der Waals surface area contributed by atoms with E-state index in [2.05, 4.69) is 9.97 Å². The Bertz CT molecular complexity index is 831. The van der Waals surface area contributed by atoms with Crippen molar-refractivity contribution in [1.82, 2.24) is 14.9 Å². The van der Waals surface area contributed by atoms with Crippen molar-refractivity contribution in [2.45, 2.75) is 26.4 Å². The highest BCUT2D eigenvalue weighted by atomic mass is 19.1. The third-order valence-electron chi connectivity index (χ3n) is 4.08. The molecule has 6 nitrogen and oxygen atoms in total. The van der Waals surface area contributed by atoms with Gasteiger partial charge in [0.1, 0.15) is 23.1 Å². The number of amides is 1. The van der Waals surface area contributed by atoms with Crippen LogP contribution < -0.4 is 4.90 Å².